The maximum Gasteiger partial charge on any atom is 0.332 e. The zero-order chi connectivity index (χ0) is 19.9. The van der Waals surface area contributed by atoms with Gasteiger partial charge in [-0.2, -0.15) is 0 Å². The molecule has 0 aliphatic heterocycles. The van der Waals surface area contributed by atoms with E-state index < -0.39 is 5.97 Å². The Balaban J connectivity index is 1.64. The van der Waals surface area contributed by atoms with E-state index in [9.17, 15) is 4.79 Å². The highest BCUT2D eigenvalue weighted by atomic mass is 16.5. The molecular weight excluding hydrogens is 358 g/mol. The monoisotopic (exact) mass is 379 g/mol. The van der Waals surface area contributed by atoms with Crippen molar-refractivity contribution in [2.75, 3.05) is 0 Å². The maximum atomic E-state index is 11.8. The molecule has 0 radical (unpaired) electrons. The van der Waals surface area contributed by atoms with Gasteiger partial charge in [0, 0.05) is 30.2 Å². The minimum atomic E-state index is -0.508. The van der Waals surface area contributed by atoms with Gasteiger partial charge in [0.2, 0.25) is 0 Å². The van der Waals surface area contributed by atoms with Crippen LogP contribution < -0.4 is 4.74 Å². The Morgan fingerprint density at radius 2 is 2.07 bits per heavy atom. The second-order valence-electron chi connectivity index (χ2n) is 6.37. The molecule has 0 saturated carbocycles. The summed E-state index contributed by atoms with van der Waals surface area (Å²) in [6, 6.07) is 5.84. The first-order valence-corrected chi connectivity index (χ1v) is 8.79. The number of ether oxygens (including phenoxy) is 2. The molecule has 0 N–H and O–H groups in total. The van der Waals surface area contributed by atoms with Crippen LogP contribution in [0.25, 0.3) is 17.6 Å². The van der Waals surface area contributed by atoms with E-state index in [4.69, 9.17) is 9.47 Å². The first kappa shape index (κ1) is 19.2. The molecule has 0 aliphatic rings. The number of hydrogen-bond acceptors (Lipinski definition) is 7. The first-order valence-electron chi connectivity index (χ1n) is 8.79. The van der Waals surface area contributed by atoms with Gasteiger partial charge in [0.25, 0.3) is 0 Å². The Bertz CT molecular complexity index is 967. The quantitative estimate of drug-likeness (QED) is 0.460. The van der Waals surface area contributed by atoms with Crippen molar-refractivity contribution in [3.63, 3.8) is 0 Å². The Morgan fingerprint density at radius 3 is 2.82 bits per heavy atom. The predicted octanol–water partition coefficient (Wildman–Crippen LogP) is 3.04. The highest BCUT2D eigenvalue weighted by Crippen LogP contribution is 2.24. The number of aromatic nitrogens is 5. The number of carbonyl (C=O) groups is 1. The molecule has 3 rings (SSSR count). The van der Waals surface area contributed by atoms with E-state index in [1.165, 1.54) is 23.3 Å². The molecule has 0 atom stereocenters. The van der Waals surface area contributed by atoms with E-state index in [1.807, 2.05) is 39.0 Å². The number of aryl methyl sites for hydroxylation is 1. The van der Waals surface area contributed by atoms with Crippen LogP contribution in [0.15, 0.2) is 49.2 Å². The molecule has 0 saturated heterocycles. The molecule has 0 unspecified atom stereocenters. The van der Waals surface area contributed by atoms with Gasteiger partial charge in [0.15, 0.2) is 5.82 Å². The molecule has 8 heteroatoms. The van der Waals surface area contributed by atoms with Crippen molar-refractivity contribution in [1.82, 2.24) is 24.7 Å². The fourth-order valence-electron chi connectivity index (χ4n) is 2.43. The van der Waals surface area contributed by atoms with E-state index in [2.05, 4.69) is 20.1 Å². The standard InChI is InChI=1S/C20H21N5O3/c1-14(2)28-18-9-15(3)8-16(10-18)20-23-13-25(24-20)7-4-19(26)27-12-17-11-21-5-6-22-17/h4-11,13-14H,12H2,1-3H3/b7-4-. The molecule has 3 aromatic rings. The van der Waals surface area contributed by atoms with Gasteiger partial charge in [-0.25, -0.2) is 14.5 Å². The molecule has 1 aromatic carbocycles. The smallest absolute Gasteiger partial charge is 0.332 e. The van der Waals surface area contributed by atoms with Crippen LogP contribution in [0.2, 0.25) is 0 Å². The maximum absolute atomic E-state index is 11.8. The van der Waals surface area contributed by atoms with Crippen molar-refractivity contribution >= 4 is 12.2 Å². The van der Waals surface area contributed by atoms with Gasteiger partial charge in [-0.05, 0) is 44.5 Å². The number of nitrogens with zero attached hydrogens (tertiary/aromatic N) is 5. The van der Waals surface area contributed by atoms with Gasteiger partial charge in [0.05, 0.1) is 18.0 Å². The molecule has 8 nitrogen and oxygen atoms in total. The van der Waals surface area contributed by atoms with Crippen LogP contribution >= 0.6 is 0 Å². The van der Waals surface area contributed by atoms with Crippen molar-refractivity contribution in [3.8, 4) is 17.1 Å². The summed E-state index contributed by atoms with van der Waals surface area (Å²) < 4.78 is 12.3. The number of esters is 1. The molecule has 0 spiro atoms. The molecule has 0 amide bonds. The first-order chi connectivity index (χ1) is 13.5. The van der Waals surface area contributed by atoms with Crippen LogP contribution in [0.5, 0.6) is 5.75 Å². The average Bonchev–Trinajstić information content (AvgIpc) is 3.14. The predicted molar refractivity (Wildman–Crippen MR) is 103 cm³/mol. The Morgan fingerprint density at radius 1 is 1.21 bits per heavy atom. The molecular formula is C20H21N5O3. The van der Waals surface area contributed by atoms with E-state index in [1.54, 1.807) is 18.6 Å². The summed E-state index contributed by atoms with van der Waals surface area (Å²) in [6.07, 6.45) is 9.00. The second-order valence-corrected chi connectivity index (χ2v) is 6.37. The molecule has 2 aromatic heterocycles. The molecule has 0 bridgehead atoms. The van der Waals surface area contributed by atoms with Crippen LogP contribution in [0.3, 0.4) is 0 Å². The summed E-state index contributed by atoms with van der Waals surface area (Å²) in [4.78, 5) is 24.1. The van der Waals surface area contributed by atoms with Gasteiger partial charge < -0.3 is 9.47 Å². The number of carbonyl (C=O) groups excluding carboxylic acids is 1. The lowest BCUT2D eigenvalue weighted by Gasteiger charge is -2.11. The third-order valence-corrected chi connectivity index (χ3v) is 3.53. The molecule has 144 valence electrons. The number of hydrogen-bond donors (Lipinski definition) is 0. The Hall–Kier alpha value is -3.55. The van der Waals surface area contributed by atoms with Crippen molar-refractivity contribution in [3.05, 3.63) is 60.5 Å². The van der Waals surface area contributed by atoms with Crippen LogP contribution in [0, 0.1) is 6.92 Å². The van der Waals surface area contributed by atoms with Gasteiger partial charge in [-0.15, -0.1) is 5.10 Å². The summed E-state index contributed by atoms with van der Waals surface area (Å²) in [5.41, 5.74) is 2.46. The molecule has 0 aliphatic carbocycles. The van der Waals surface area contributed by atoms with E-state index in [0.29, 0.717) is 11.5 Å². The van der Waals surface area contributed by atoms with Crippen molar-refractivity contribution in [2.45, 2.75) is 33.5 Å². The number of rotatable bonds is 7. The average molecular weight is 379 g/mol. The summed E-state index contributed by atoms with van der Waals surface area (Å²) in [5, 5.41) is 4.37. The second kappa shape index (κ2) is 8.90. The molecule has 2 heterocycles. The lowest BCUT2D eigenvalue weighted by atomic mass is 10.1. The molecule has 0 fully saturated rings. The van der Waals surface area contributed by atoms with Crippen LogP contribution in [0.1, 0.15) is 25.1 Å². The van der Waals surface area contributed by atoms with Gasteiger partial charge >= 0.3 is 5.97 Å². The van der Waals surface area contributed by atoms with Gasteiger partial charge in [-0.3, -0.25) is 9.97 Å². The summed E-state index contributed by atoms with van der Waals surface area (Å²) in [7, 11) is 0. The third-order valence-electron chi connectivity index (χ3n) is 3.53. The third kappa shape index (κ3) is 5.47. The zero-order valence-corrected chi connectivity index (χ0v) is 15.9. The van der Waals surface area contributed by atoms with Crippen molar-refractivity contribution in [2.24, 2.45) is 0 Å². The minimum absolute atomic E-state index is 0.0571. The van der Waals surface area contributed by atoms with Crippen molar-refractivity contribution in [1.29, 1.82) is 0 Å². The number of benzene rings is 1. The fraction of sp³-hybridized carbons (Fsp3) is 0.250. The lowest BCUT2D eigenvalue weighted by molar-refractivity contribution is -0.139. The molecule has 28 heavy (non-hydrogen) atoms. The summed E-state index contributed by atoms with van der Waals surface area (Å²) >= 11 is 0. The van der Waals surface area contributed by atoms with Crippen LogP contribution in [-0.4, -0.2) is 36.8 Å². The van der Waals surface area contributed by atoms with Gasteiger partial charge in [-0.1, -0.05) is 0 Å². The van der Waals surface area contributed by atoms with Crippen LogP contribution in [0.4, 0.5) is 0 Å². The minimum Gasteiger partial charge on any atom is -0.491 e. The van der Waals surface area contributed by atoms with Gasteiger partial charge in [0.1, 0.15) is 18.7 Å². The van der Waals surface area contributed by atoms with E-state index in [0.717, 1.165) is 16.9 Å². The normalized spacial score (nSPS) is 11.1. The van der Waals surface area contributed by atoms with Crippen molar-refractivity contribution < 1.29 is 14.3 Å². The largest absolute Gasteiger partial charge is 0.491 e. The highest BCUT2D eigenvalue weighted by molar-refractivity contribution is 5.84. The Labute approximate surface area is 162 Å². The van der Waals surface area contributed by atoms with E-state index in [-0.39, 0.29) is 12.7 Å². The van der Waals surface area contributed by atoms with Crippen LogP contribution in [-0.2, 0) is 16.1 Å². The Kier molecular flexibility index (Phi) is 6.11. The van der Waals surface area contributed by atoms with E-state index >= 15 is 0 Å². The lowest BCUT2D eigenvalue weighted by Crippen LogP contribution is -2.05. The summed E-state index contributed by atoms with van der Waals surface area (Å²) in [5.74, 6) is 0.797. The highest BCUT2D eigenvalue weighted by Gasteiger charge is 2.08. The SMILES string of the molecule is Cc1cc(OC(C)C)cc(-c2ncn(/C=C\C(=O)OCc3cnccn3)n2)c1. The fourth-order valence-corrected chi connectivity index (χ4v) is 2.43. The summed E-state index contributed by atoms with van der Waals surface area (Å²) in [6.45, 7) is 5.99. The topological polar surface area (TPSA) is 92.0 Å². The zero-order valence-electron chi connectivity index (χ0n) is 15.9.